The first-order valence-corrected chi connectivity index (χ1v) is 10.4. The topological polar surface area (TPSA) is 110 Å². The monoisotopic (exact) mass is 417 g/mol. The second-order valence-electron chi connectivity index (χ2n) is 7.30. The fourth-order valence-corrected chi connectivity index (χ4v) is 3.71. The number of carbonyl (C=O) groups excluding carboxylic acids is 2. The second-order valence-corrected chi connectivity index (χ2v) is 7.30. The van der Waals surface area contributed by atoms with Crippen molar-refractivity contribution in [1.29, 1.82) is 0 Å². The molecule has 0 atom stereocenters. The summed E-state index contributed by atoms with van der Waals surface area (Å²) in [5.41, 5.74) is 7.94. The highest BCUT2D eigenvalue weighted by Gasteiger charge is 2.17. The maximum atomic E-state index is 12.8. The molecule has 7 heteroatoms. The van der Waals surface area contributed by atoms with Gasteiger partial charge in [0.1, 0.15) is 5.82 Å². The van der Waals surface area contributed by atoms with Gasteiger partial charge < -0.3 is 16.4 Å². The van der Waals surface area contributed by atoms with Crippen LogP contribution in [0.5, 0.6) is 0 Å². The molecule has 1 aliphatic carbocycles. The van der Waals surface area contributed by atoms with E-state index in [1.165, 1.54) is 31.2 Å². The summed E-state index contributed by atoms with van der Waals surface area (Å²) >= 11 is 0. The lowest BCUT2D eigenvalue weighted by Gasteiger charge is -2.13. The molecule has 0 spiro atoms. The lowest BCUT2D eigenvalue weighted by Crippen LogP contribution is -2.15. The first-order chi connectivity index (χ1) is 15.2. The van der Waals surface area contributed by atoms with E-state index in [0.29, 0.717) is 23.8 Å². The van der Waals surface area contributed by atoms with Crippen molar-refractivity contribution >= 4 is 23.8 Å². The van der Waals surface area contributed by atoms with Crippen LogP contribution in [-0.2, 0) is 11.3 Å². The molecule has 0 unspecified atom stereocenters. The molecule has 2 heterocycles. The third-order valence-electron chi connectivity index (χ3n) is 5.26. The lowest BCUT2D eigenvalue weighted by atomic mass is 9.97. The highest BCUT2D eigenvalue weighted by molar-refractivity contribution is 6.07. The average Bonchev–Trinajstić information content (AvgIpc) is 3.35. The van der Waals surface area contributed by atoms with Crippen LogP contribution in [0, 0.1) is 0 Å². The van der Waals surface area contributed by atoms with E-state index in [0.717, 1.165) is 11.3 Å². The molecule has 4 rings (SSSR count). The summed E-state index contributed by atoms with van der Waals surface area (Å²) in [7, 11) is 0. The van der Waals surface area contributed by atoms with Crippen molar-refractivity contribution in [3.63, 3.8) is 0 Å². The fraction of sp³-hybridized carbons (Fsp3) is 0.250. The minimum absolute atomic E-state index is 0.168. The van der Waals surface area contributed by atoms with Gasteiger partial charge in [-0.1, -0.05) is 25.0 Å². The summed E-state index contributed by atoms with van der Waals surface area (Å²) < 4.78 is 0. The third-order valence-corrected chi connectivity index (χ3v) is 5.26. The van der Waals surface area contributed by atoms with E-state index < -0.39 is 0 Å². The summed E-state index contributed by atoms with van der Waals surface area (Å²) in [4.78, 5) is 29.7. The number of nitrogens with one attached hydrogen (secondary N) is 2. The molecule has 1 aliphatic rings. The minimum atomic E-state index is -0.168. The summed E-state index contributed by atoms with van der Waals surface area (Å²) in [5.74, 6) is 1.07. The van der Waals surface area contributed by atoms with Gasteiger partial charge in [-0.3, -0.25) is 14.6 Å². The number of amides is 2. The highest BCUT2D eigenvalue weighted by Crippen LogP contribution is 2.34. The predicted molar refractivity (Wildman–Crippen MR) is 122 cm³/mol. The van der Waals surface area contributed by atoms with Gasteiger partial charge in [0.15, 0.2) is 0 Å². The number of hydrogen-bond acceptors (Lipinski definition) is 5. The van der Waals surface area contributed by atoms with Crippen molar-refractivity contribution in [2.24, 2.45) is 5.73 Å². The van der Waals surface area contributed by atoms with Crippen molar-refractivity contribution in [3.05, 3.63) is 83.8 Å². The minimum Gasteiger partial charge on any atom is -0.372 e. The zero-order valence-corrected chi connectivity index (χ0v) is 17.3. The number of pyridine rings is 2. The molecule has 31 heavy (non-hydrogen) atoms. The van der Waals surface area contributed by atoms with Crippen molar-refractivity contribution in [2.45, 2.75) is 38.1 Å². The maximum Gasteiger partial charge on any atom is 0.259 e. The molecule has 1 saturated carbocycles. The molecular formula is C24H27N5O2. The van der Waals surface area contributed by atoms with Crippen LogP contribution in [0.25, 0.3) is 0 Å². The molecule has 0 aliphatic heterocycles. The summed E-state index contributed by atoms with van der Waals surface area (Å²) in [6.07, 6.45) is 10.6. The van der Waals surface area contributed by atoms with E-state index in [2.05, 4.69) is 38.5 Å². The van der Waals surface area contributed by atoms with Gasteiger partial charge >= 0.3 is 0 Å². The Kier molecular flexibility index (Phi) is 8.11. The van der Waals surface area contributed by atoms with Crippen LogP contribution < -0.4 is 16.4 Å². The van der Waals surface area contributed by atoms with Crippen LogP contribution in [0.3, 0.4) is 0 Å². The Balaban J connectivity index is 0.000000858. The van der Waals surface area contributed by atoms with Gasteiger partial charge in [-0.05, 0) is 66.3 Å². The quantitative estimate of drug-likeness (QED) is 0.523. The molecule has 3 aromatic rings. The molecule has 1 aromatic carbocycles. The smallest absolute Gasteiger partial charge is 0.259 e. The van der Waals surface area contributed by atoms with Crippen molar-refractivity contribution in [2.75, 3.05) is 10.6 Å². The van der Waals surface area contributed by atoms with Crippen LogP contribution in [-0.4, -0.2) is 22.3 Å². The number of anilines is 2. The van der Waals surface area contributed by atoms with Gasteiger partial charge in [-0.15, -0.1) is 0 Å². The zero-order chi connectivity index (χ0) is 21.9. The van der Waals surface area contributed by atoms with Crippen molar-refractivity contribution in [3.8, 4) is 0 Å². The molecule has 1 fully saturated rings. The third kappa shape index (κ3) is 6.37. The van der Waals surface area contributed by atoms with Crippen LogP contribution in [0.15, 0.2) is 67.1 Å². The van der Waals surface area contributed by atoms with E-state index in [1.807, 2.05) is 24.3 Å². The first kappa shape index (κ1) is 22.0. The molecule has 0 saturated heterocycles. The number of carbonyl (C=O) groups is 2. The van der Waals surface area contributed by atoms with E-state index in [4.69, 9.17) is 4.79 Å². The van der Waals surface area contributed by atoms with Crippen LogP contribution in [0.1, 0.15) is 53.1 Å². The number of primary amides is 1. The van der Waals surface area contributed by atoms with Crippen LogP contribution >= 0.6 is 0 Å². The Bertz CT molecular complexity index is 971. The number of hydrogen-bond donors (Lipinski definition) is 3. The van der Waals surface area contributed by atoms with E-state index in [1.54, 1.807) is 30.7 Å². The number of nitrogens with two attached hydrogens (primary N) is 1. The van der Waals surface area contributed by atoms with Crippen molar-refractivity contribution in [1.82, 2.24) is 9.97 Å². The van der Waals surface area contributed by atoms with Gasteiger partial charge in [-0.2, -0.15) is 0 Å². The zero-order valence-electron chi connectivity index (χ0n) is 17.3. The van der Waals surface area contributed by atoms with E-state index in [-0.39, 0.29) is 12.3 Å². The summed E-state index contributed by atoms with van der Waals surface area (Å²) in [6, 6.07) is 15.7. The fourth-order valence-electron chi connectivity index (χ4n) is 3.71. The predicted octanol–water partition coefficient (Wildman–Crippen LogP) is 4.10. The Labute approximate surface area is 182 Å². The SMILES string of the molecule is NC=O.O=C(Nc1ccc(C2CCCC2)cc1)c1cccnc1NCc1ccncc1. The van der Waals surface area contributed by atoms with Gasteiger partial charge in [0.25, 0.3) is 5.91 Å². The molecule has 4 N–H and O–H groups in total. The normalized spacial score (nSPS) is 13.0. The number of aromatic nitrogens is 2. The van der Waals surface area contributed by atoms with Crippen LogP contribution in [0.4, 0.5) is 11.5 Å². The summed E-state index contributed by atoms with van der Waals surface area (Å²) in [6.45, 7) is 0.579. The Morgan fingerprint density at radius 2 is 1.71 bits per heavy atom. The number of rotatable bonds is 6. The van der Waals surface area contributed by atoms with Crippen LogP contribution in [0.2, 0.25) is 0 Å². The first-order valence-electron chi connectivity index (χ1n) is 10.4. The molecule has 7 nitrogen and oxygen atoms in total. The Morgan fingerprint density at radius 1 is 1.03 bits per heavy atom. The Hall–Kier alpha value is -3.74. The van der Waals surface area contributed by atoms with E-state index >= 15 is 0 Å². The molecule has 0 bridgehead atoms. The average molecular weight is 418 g/mol. The van der Waals surface area contributed by atoms with Crippen molar-refractivity contribution < 1.29 is 9.59 Å². The molecular weight excluding hydrogens is 390 g/mol. The largest absolute Gasteiger partial charge is 0.372 e. The Morgan fingerprint density at radius 3 is 2.39 bits per heavy atom. The van der Waals surface area contributed by atoms with Gasteiger partial charge in [0, 0.05) is 30.8 Å². The molecule has 0 radical (unpaired) electrons. The number of nitrogens with zero attached hydrogens (tertiary/aromatic N) is 2. The second kappa shape index (κ2) is 11.4. The molecule has 160 valence electrons. The maximum absolute atomic E-state index is 12.8. The number of benzene rings is 1. The van der Waals surface area contributed by atoms with Gasteiger partial charge in [0.2, 0.25) is 6.41 Å². The molecule has 2 aromatic heterocycles. The molecule has 2 amide bonds. The standard InChI is InChI=1S/C23H24N4O.CH3NO/c28-23(27-20-9-7-19(8-10-20)18-4-1-2-5-18)21-6-3-13-25-22(21)26-16-17-11-14-24-15-12-17;2-1-3/h3,6-15,18H,1-2,4-5,16H2,(H,25,26)(H,27,28);1H,(H2,2,3). The van der Waals surface area contributed by atoms with Gasteiger partial charge in [0.05, 0.1) is 5.56 Å². The lowest BCUT2D eigenvalue weighted by molar-refractivity contribution is -0.106. The highest BCUT2D eigenvalue weighted by atomic mass is 16.1. The summed E-state index contributed by atoms with van der Waals surface area (Å²) in [5, 5.41) is 6.23. The van der Waals surface area contributed by atoms with E-state index in [9.17, 15) is 4.79 Å². The van der Waals surface area contributed by atoms with Gasteiger partial charge in [-0.25, -0.2) is 4.98 Å².